The van der Waals surface area contributed by atoms with Crippen molar-refractivity contribution in [3.05, 3.63) is 34.3 Å². The number of halogens is 1. The molecule has 1 aliphatic carbocycles. The van der Waals surface area contributed by atoms with Gasteiger partial charge in [-0.1, -0.05) is 55.3 Å². The minimum atomic E-state index is 0.285. The lowest BCUT2D eigenvalue weighted by atomic mass is 9.64. The fourth-order valence-electron chi connectivity index (χ4n) is 3.65. The van der Waals surface area contributed by atoms with Crippen molar-refractivity contribution >= 4 is 15.9 Å². The molecule has 0 heterocycles. The molecule has 19 heavy (non-hydrogen) atoms. The highest BCUT2D eigenvalue weighted by molar-refractivity contribution is 9.10. The van der Waals surface area contributed by atoms with Crippen molar-refractivity contribution in [1.82, 2.24) is 0 Å². The van der Waals surface area contributed by atoms with Crippen LogP contribution < -0.4 is 5.73 Å². The molecule has 2 rings (SSSR count). The fraction of sp³-hybridized carbons (Fsp3) is 0.647. The molecule has 0 aromatic heterocycles. The molecule has 0 bridgehead atoms. The fourth-order valence-corrected chi connectivity index (χ4v) is 3.92. The monoisotopic (exact) mass is 323 g/mol. The van der Waals surface area contributed by atoms with E-state index >= 15 is 0 Å². The van der Waals surface area contributed by atoms with Crippen LogP contribution in [0.1, 0.15) is 45.6 Å². The molecular formula is C17H26BrN. The van der Waals surface area contributed by atoms with Gasteiger partial charge in [0.1, 0.15) is 0 Å². The maximum absolute atomic E-state index is 6.43. The summed E-state index contributed by atoms with van der Waals surface area (Å²) >= 11 is 3.50. The molecule has 0 saturated heterocycles. The lowest BCUT2D eigenvalue weighted by Crippen LogP contribution is -2.44. The van der Waals surface area contributed by atoms with Gasteiger partial charge in [-0.25, -0.2) is 0 Å². The van der Waals surface area contributed by atoms with Crippen LogP contribution >= 0.6 is 15.9 Å². The van der Waals surface area contributed by atoms with Crippen molar-refractivity contribution < 1.29 is 0 Å². The zero-order chi connectivity index (χ0) is 14.0. The van der Waals surface area contributed by atoms with Gasteiger partial charge in [-0.15, -0.1) is 0 Å². The Morgan fingerprint density at radius 2 is 1.84 bits per heavy atom. The summed E-state index contributed by atoms with van der Waals surface area (Å²) in [6.45, 7) is 7.10. The summed E-state index contributed by atoms with van der Waals surface area (Å²) in [6.07, 6.45) is 4.93. The summed E-state index contributed by atoms with van der Waals surface area (Å²) < 4.78 is 1.15. The number of nitrogens with two attached hydrogens (primary N) is 1. The summed E-state index contributed by atoms with van der Waals surface area (Å²) in [7, 11) is 0. The number of hydrogen-bond acceptors (Lipinski definition) is 1. The molecule has 1 aromatic carbocycles. The topological polar surface area (TPSA) is 26.0 Å². The van der Waals surface area contributed by atoms with Gasteiger partial charge in [0, 0.05) is 10.5 Å². The van der Waals surface area contributed by atoms with Crippen molar-refractivity contribution in [2.24, 2.45) is 23.0 Å². The Morgan fingerprint density at radius 3 is 2.42 bits per heavy atom. The van der Waals surface area contributed by atoms with Gasteiger partial charge in [0.05, 0.1) is 0 Å². The third-order valence-electron chi connectivity index (χ3n) is 4.74. The first-order valence-electron chi connectivity index (χ1n) is 7.38. The maximum atomic E-state index is 6.43. The van der Waals surface area contributed by atoms with E-state index in [0.717, 1.165) is 16.8 Å². The molecule has 1 fully saturated rings. The summed E-state index contributed by atoms with van der Waals surface area (Å²) in [4.78, 5) is 0. The smallest absolute Gasteiger partial charge is 0.0175 e. The van der Waals surface area contributed by atoms with Gasteiger partial charge in [-0.05, 0) is 54.2 Å². The second-order valence-corrected chi connectivity index (χ2v) is 7.90. The van der Waals surface area contributed by atoms with Crippen LogP contribution in [-0.2, 0) is 6.42 Å². The van der Waals surface area contributed by atoms with Gasteiger partial charge in [0.2, 0.25) is 0 Å². The van der Waals surface area contributed by atoms with Gasteiger partial charge < -0.3 is 5.73 Å². The van der Waals surface area contributed by atoms with E-state index in [2.05, 4.69) is 61.0 Å². The Balaban J connectivity index is 2.07. The zero-order valence-corrected chi connectivity index (χ0v) is 13.9. The molecule has 1 aliphatic rings. The van der Waals surface area contributed by atoms with Crippen LogP contribution in [0.2, 0.25) is 0 Å². The quantitative estimate of drug-likeness (QED) is 0.850. The Hall–Kier alpha value is -0.340. The molecule has 1 saturated carbocycles. The Bertz CT molecular complexity index is 410. The first kappa shape index (κ1) is 15.1. The van der Waals surface area contributed by atoms with Crippen LogP contribution in [0.4, 0.5) is 0 Å². The molecule has 106 valence electrons. The zero-order valence-electron chi connectivity index (χ0n) is 12.3. The predicted molar refractivity (Wildman–Crippen MR) is 86.1 cm³/mol. The molecule has 2 heteroatoms. The molecule has 1 nitrogen and oxygen atoms in total. The van der Waals surface area contributed by atoms with Crippen molar-refractivity contribution in [1.29, 1.82) is 0 Å². The Labute approximate surface area is 126 Å². The van der Waals surface area contributed by atoms with Gasteiger partial charge in [0.15, 0.2) is 0 Å². The van der Waals surface area contributed by atoms with Crippen molar-refractivity contribution in [3.63, 3.8) is 0 Å². The maximum Gasteiger partial charge on any atom is 0.0175 e. The first-order chi connectivity index (χ1) is 8.88. The third kappa shape index (κ3) is 3.82. The van der Waals surface area contributed by atoms with E-state index in [1.54, 1.807) is 0 Å². The van der Waals surface area contributed by atoms with Crippen LogP contribution in [0.25, 0.3) is 0 Å². The average molecular weight is 324 g/mol. The van der Waals surface area contributed by atoms with Crippen molar-refractivity contribution in [2.45, 2.75) is 52.5 Å². The summed E-state index contributed by atoms with van der Waals surface area (Å²) in [5, 5.41) is 0. The molecular weight excluding hydrogens is 298 g/mol. The van der Waals surface area contributed by atoms with E-state index in [-0.39, 0.29) is 5.41 Å². The van der Waals surface area contributed by atoms with Gasteiger partial charge in [-0.2, -0.15) is 0 Å². The minimum Gasteiger partial charge on any atom is -0.327 e. The van der Waals surface area contributed by atoms with Gasteiger partial charge in [-0.3, -0.25) is 0 Å². The van der Waals surface area contributed by atoms with Crippen LogP contribution in [0.5, 0.6) is 0 Å². The van der Waals surface area contributed by atoms with E-state index in [1.165, 1.54) is 24.8 Å². The molecule has 0 radical (unpaired) electrons. The molecule has 0 aliphatic heterocycles. The largest absolute Gasteiger partial charge is 0.327 e. The molecule has 0 spiro atoms. The standard InChI is InChI=1S/C17H26BrN/c1-12-4-9-15(16(19)10-12)17(2,3)11-13-5-7-14(18)8-6-13/h5-8,12,15-16H,4,9-11,19H2,1-3H3. The summed E-state index contributed by atoms with van der Waals surface area (Å²) in [5.74, 6) is 1.45. The lowest BCUT2D eigenvalue weighted by Gasteiger charge is -2.43. The summed E-state index contributed by atoms with van der Waals surface area (Å²) in [6, 6.07) is 9.09. The van der Waals surface area contributed by atoms with E-state index < -0.39 is 0 Å². The number of rotatable bonds is 3. The van der Waals surface area contributed by atoms with E-state index in [1.807, 2.05) is 0 Å². The molecule has 3 atom stereocenters. The normalized spacial score (nSPS) is 28.4. The van der Waals surface area contributed by atoms with Crippen LogP contribution in [0, 0.1) is 17.3 Å². The highest BCUT2D eigenvalue weighted by Gasteiger charge is 2.37. The van der Waals surface area contributed by atoms with E-state index in [4.69, 9.17) is 5.73 Å². The average Bonchev–Trinajstić information content (AvgIpc) is 2.31. The molecule has 3 unspecified atom stereocenters. The highest BCUT2D eigenvalue weighted by Crippen LogP contribution is 2.41. The predicted octanol–water partition coefficient (Wildman–Crippen LogP) is 4.78. The van der Waals surface area contributed by atoms with Crippen LogP contribution in [0.3, 0.4) is 0 Å². The summed E-state index contributed by atoms with van der Waals surface area (Å²) in [5.41, 5.74) is 8.13. The SMILES string of the molecule is CC1CCC(C(C)(C)Cc2ccc(Br)cc2)C(N)C1. The van der Waals surface area contributed by atoms with Crippen molar-refractivity contribution in [3.8, 4) is 0 Å². The van der Waals surface area contributed by atoms with E-state index in [0.29, 0.717) is 12.0 Å². The molecule has 0 amide bonds. The van der Waals surface area contributed by atoms with Crippen molar-refractivity contribution in [2.75, 3.05) is 0 Å². The second kappa shape index (κ2) is 5.97. The van der Waals surface area contributed by atoms with Crippen LogP contribution in [-0.4, -0.2) is 6.04 Å². The molecule has 2 N–H and O–H groups in total. The minimum absolute atomic E-state index is 0.285. The second-order valence-electron chi connectivity index (χ2n) is 6.98. The first-order valence-corrected chi connectivity index (χ1v) is 8.18. The Kier molecular flexibility index (Phi) is 4.73. The number of benzene rings is 1. The lowest BCUT2D eigenvalue weighted by molar-refractivity contribution is 0.113. The highest BCUT2D eigenvalue weighted by atomic mass is 79.9. The van der Waals surface area contributed by atoms with E-state index in [9.17, 15) is 0 Å². The van der Waals surface area contributed by atoms with Gasteiger partial charge >= 0.3 is 0 Å². The van der Waals surface area contributed by atoms with Crippen LogP contribution in [0.15, 0.2) is 28.7 Å². The van der Waals surface area contributed by atoms with Gasteiger partial charge in [0.25, 0.3) is 0 Å². The Morgan fingerprint density at radius 1 is 1.21 bits per heavy atom. The number of hydrogen-bond donors (Lipinski definition) is 1. The third-order valence-corrected chi connectivity index (χ3v) is 5.27. The molecule has 1 aromatic rings.